The van der Waals surface area contributed by atoms with Crippen LogP contribution in [-0.4, -0.2) is 27.3 Å². The Labute approximate surface area is 108 Å². The summed E-state index contributed by atoms with van der Waals surface area (Å²) in [6.45, 7) is 5.06. The molecule has 18 heavy (non-hydrogen) atoms. The predicted octanol–water partition coefficient (Wildman–Crippen LogP) is 1.88. The van der Waals surface area contributed by atoms with E-state index in [0.717, 1.165) is 6.54 Å². The maximum absolute atomic E-state index is 13.5. The Morgan fingerprint density at radius 3 is 2.67 bits per heavy atom. The lowest BCUT2D eigenvalue weighted by atomic mass is 10.2. The number of aryl methyl sites for hydroxylation is 1. The van der Waals surface area contributed by atoms with E-state index in [1.54, 1.807) is 19.1 Å². The molecule has 0 bridgehead atoms. The minimum Gasteiger partial charge on any atom is -0.317 e. The molecule has 102 valence electrons. The van der Waals surface area contributed by atoms with Crippen molar-refractivity contribution < 1.29 is 12.8 Å². The maximum atomic E-state index is 13.5. The maximum Gasteiger partial charge on any atom is 0.232 e. The molecule has 0 radical (unpaired) electrons. The molecule has 6 heteroatoms. The lowest BCUT2D eigenvalue weighted by Gasteiger charge is -2.11. The van der Waals surface area contributed by atoms with E-state index in [9.17, 15) is 12.8 Å². The topological polar surface area (TPSA) is 58.2 Å². The third-order valence-electron chi connectivity index (χ3n) is 2.50. The Morgan fingerprint density at radius 1 is 1.33 bits per heavy atom. The summed E-state index contributed by atoms with van der Waals surface area (Å²) in [7, 11) is -3.49. The van der Waals surface area contributed by atoms with E-state index < -0.39 is 15.8 Å². The first kappa shape index (κ1) is 14.9. The zero-order valence-electron chi connectivity index (χ0n) is 10.7. The summed E-state index contributed by atoms with van der Waals surface area (Å²) in [5.41, 5.74) is 0.617. The van der Waals surface area contributed by atoms with Gasteiger partial charge in [-0.2, -0.15) is 0 Å². The van der Waals surface area contributed by atoms with Gasteiger partial charge in [-0.05, 0) is 38.1 Å². The van der Waals surface area contributed by atoms with Crippen LogP contribution >= 0.6 is 0 Å². The van der Waals surface area contributed by atoms with Crippen LogP contribution in [0.5, 0.6) is 0 Å². The van der Waals surface area contributed by atoms with Crippen molar-refractivity contribution in [2.45, 2.75) is 20.3 Å². The third kappa shape index (κ3) is 4.62. The van der Waals surface area contributed by atoms with Gasteiger partial charge in [0.15, 0.2) is 0 Å². The van der Waals surface area contributed by atoms with E-state index in [2.05, 4.69) is 10.0 Å². The number of rotatable bonds is 7. The number of halogens is 1. The highest BCUT2D eigenvalue weighted by atomic mass is 32.2. The molecule has 0 spiro atoms. The number of benzene rings is 1. The Morgan fingerprint density at radius 2 is 2.06 bits per heavy atom. The SMILES string of the molecule is CCNCCCS(=O)(=O)Nc1c(C)cccc1F. The van der Waals surface area contributed by atoms with Crippen LogP contribution < -0.4 is 10.0 Å². The summed E-state index contributed by atoms with van der Waals surface area (Å²) in [4.78, 5) is 0. The molecule has 0 fully saturated rings. The molecule has 0 saturated carbocycles. The largest absolute Gasteiger partial charge is 0.317 e. The van der Waals surface area contributed by atoms with Gasteiger partial charge in [0.1, 0.15) is 5.82 Å². The van der Waals surface area contributed by atoms with Crippen molar-refractivity contribution in [3.8, 4) is 0 Å². The molecular formula is C12H19FN2O2S. The number of anilines is 1. The second-order valence-corrected chi connectivity index (χ2v) is 5.90. The van der Waals surface area contributed by atoms with Gasteiger partial charge in [-0.3, -0.25) is 4.72 Å². The van der Waals surface area contributed by atoms with Crippen molar-refractivity contribution in [2.24, 2.45) is 0 Å². The molecule has 0 aliphatic rings. The molecule has 0 aliphatic heterocycles. The molecule has 0 heterocycles. The first-order valence-electron chi connectivity index (χ1n) is 5.92. The molecule has 0 unspecified atom stereocenters. The molecule has 0 aromatic heterocycles. The Hall–Kier alpha value is -1.14. The first-order valence-corrected chi connectivity index (χ1v) is 7.58. The van der Waals surface area contributed by atoms with Crippen molar-refractivity contribution >= 4 is 15.7 Å². The quantitative estimate of drug-likeness (QED) is 0.746. The van der Waals surface area contributed by atoms with Crippen LogP contribution in [0.2, 0.25) is 0 Å². The fourth-order valence-corrected chi connectivity index (χ4v) is 2.73. The van der Waals surface area contributed by atoms with Crippen LogP contribution in [0.1, 0.15) is 18.9 Å². The normalized spacial score (nSPS) is 11.5. The van der Waals surface area contributed by atoms with E-state index in [1.807, 2.05) is 6.92 Å². The molecule has 0 amide bonds. The fraction of sp³-hybridized carbons (Fsp3) is 0.500. The average Bonchev–Trinajstić information content (AvgIpc) is 2.30. The van der Waals surface area contributed by atoms with Crippen molar-refractivity contribution in [2.75, 3.05) is 23.6 Å². The van der Waals surface area contributed by atoms with Crippen molar-refractivity contribution in [3.63, 3.8) is 0 Å². The summed E-state index contributed by atoms with van der Waals surface area (Å²) in [5.74, 6) is -0.571. The van der Waals surface area contributed by atoms with Gasteiger partial charge < -0.3 is 5.32 Å². The van der Waals surface area contributed by atoms with Gasteiger partial charge in [-0.25, -0.2) is 12.8 Å². The van der Waals surface area contributed by atoms with E-state index >= 15 is 0 Å². The molecule has 0 saturated heterocycles. The van der Waals surface area contributed by atoms with Gasteiger partial charge in [-0.15, -0.1) is 0 Å². The number of para-hydroxylation sites is 1. The molecule has 2 N–H and O–H groups in total. The highest BCUT2D eigenvalue weighted by Gasteiger charge is 2.14. The molecule has 4 nitrogen and oxygen atoms in total. The van der Waals surface area contributed by atoms with Gasteiger partial charge in [0.2, 0.25) is 10.0 Å². The first-order chi connectivity index (χ1) is 8.46. The smallest absolute Gasteiger partial charge is 0.232 e. The number of hydrogen-bond donors (Lipinski definition) is 2. The van der Waals surface area contributed by atoms with Crippen LogP contribution in [0, 0.1) is 12.7 Å². The summed E-state index contributed by atoms with van der Waals surface area (Å²) in [5, 5.41) is 3.04. The Kier molecular flexibility index (Phi) is 5.55. The molecule has 1 aromatic carbocycles. The van der Waals surface area contributed by atoms with Gasteiger partial charge >= 0.3 is 0 Å². The van der Waals surface area contributed by atoms with Crippen LogP contribution in [-0.2, 0) is 10.0 Å². The average molecular weight is 274 g/mol. The monoisotopic (exact) mass is 274 g/mol. The lowest BCUT2D eigenvalue weighted by molar-refractivity contribution is 0.592. The van der Waals surface area contributed by atoms with Gasteiger partial charge in [0, 0.05) is 0 Å². The van der Waals surface area contributed by atoms with Crippen molar-refractivity contribution in [3.05, 3.63) is 29.6 Å². The summed E-state index contributed by atoms with van der Waals surface area (Å²) in [6.07, 6.45) is 0.497. The molecule has 0 aliphatic carbocycles. The Bertz CT molecular complexity index is 469. The fourth-order valence-electron chi connectivity index (χ4n) is 1.53. The van der Waals surface area contributed by atoms with Crippen LogP contribution in [0.25, 0.3) is 0 Å². The minimum atomic E-state index is -3.49. The standard InChI is InChI=1S/C12H19FN2O2S/c1-3-14-8-5-9-18(16,17)15-12-10(2)6-4-7-11(12)13/h4,6-7,14-15H,3,5,8-9H2,1-2H3. The van der Waals surface area contributed by atoms with E-state index in [4.69, 9.17) is 0 Å². The van der Waals surface area contributed by atoms with Gasteiger partial charge in [0.25, 0.3) is 0 Å². The highest BCUT2D eigenvalue weighted by Crippen LogP contribution is 2.20. The minimum absolute atomic E-state index is 0.0201. The summed E-state index contributed by atoms with van der Waals surface area (Å²) >= 11 is 0. The lowest BCUT2D eigenvalue weighted by Crippen LogP contribution is -2.22. The van der Waals surface area contributed by atoms with Crippen LogP contribution in [0.15, 0.2) is 18.2 Å². The molecule has 0 atom stereocenters. The summed E-state index contributed by atoms with van der Waals surface area (Å²) in [6, 6.07) is 4.46. The predicted molar refractivity (Wildman–Crippen MR) is 71.7 cm³/mol. The molecule has 1 aromatic rings. The second-order valence-electron chi connectivity index (χ2n) is 4.06. The zero-order valence-corrected chi connectivity index (χ0v) is 11.5. The van der Waals surface area contributed by atoms with E-state index in [0.29, 0.717) is 18.5 Å². The highest BCUT2D eigenvalue weighted by molar-refractivity contribution is 7.92. The number of nitrogens with one attached hydrogen (secondary N) is 2. The Balaban J connectivity index is 2.65. The summed E-state index contributed by atoms with van der Waals surface area (Å²) < 4.78 is 39.3. The number of hydrogen-bond acceptors (Lipinski definition) is 3. The van der Waals surface area contributed by atoms with Crippen LogP contribution in [0.4, 0.5) is 10.1 Å². The molecule has 1 rings (SSSR count). The van der Waals surface area contributed by atoms with Crippen LogP contribution in [0.3, 0.4) is 0 Å². The number of sulfonamides is 1. The van der Waals surface area contributed by atoms with E-state index in [-0.39, 0.29) is 11.4 Å². The van der Waals surface area contributed by atoms with Gasteiger partial charge in [0.05, 0.1) is 11.4 Å². The molecular weight excluding hydrogens is 255 g/mol. The second kappa shape index (κ2) is 6.70. The van der Waals surface area contributed by atoms with Gasteiger partial charge in [-0.1, -0.05) is 19.1 Å². The van der Waals surface area contributed by atoms with Crippen molar-refractivity contribution in [1.29, 1.82) is 0 Å². The van der Waals surface area contributed by atoms with E-state index in [1.165, 1.54) is 6.07 Å². The van der Waals surface area contributed by atoms with Crippen molar-refractivity contribution in [1.82, 2.24) is 5.32 Å². The third-order valence-corrected chi connectivity index (χ3v) is 3.84. The zero-order chi connectivity index (χ0) is 13.6.